The van der Waals surface area contributed by atoms with E-state index in [1.165, 1.54) is 11.3 Å². The number of hydrogen-bond acceptors (Lipinski definition) is 5. The normalized spacial score (nSPS) is 24.7. The van der Waals surface area contributed by atoms with Crippen molar-refractivity contribution in [3.63, 3.8) is 0 Å². The number of aromatic nitrogens is 3. The van der Waals surface area contributed by atoms with Crippen molar-refractivity contribution in [1.82, 2.24) is 15.0 Å². The number of rotatable bonds is 2. The Hall–Kier alpha value is -3.21. The van der Waals surface area contributed by atoms with Crippen molar-refractivity contribution in [3.8, 4) is 11.4 Å². The first-order chi connectivity index (χ1) is 14.0. The molecule has 2 aliphatic rings. The molecule has 0 spiro atoms. The molecule has 0 fully saturated rings. The fourth-order valence-corrected chi connectivity index (χ4v) is 4.91. The Balaban J connectivity index is 1.71. The Bertz CT molecular complexity index is 1120. The van der Waals surface area contributed by atoms with Crippen LogP contribution in [-0.2, 0) is 5.41 Å². The van der Waals surface area contributed by atoms with Gasteiger partial charge in [-0.15, -0.1) is 6.58 Å². The largest absolute Gasteiger partial charge is 0.337 e. The van der Waals surface area contributed by atoms with Crippen LogP contribution in [0.5, 0.6) is 0 Å². The molecular weight excluding hydrogens is 358 g/mol. The lowest BCUT2D eigenvalue weighted by Crippen LogP contribution is -2.54. The highest BCUT2D eigenvalue weighted by molar-refractivity contribution is 5.85. The summed E-state index contributed by atoms with van der Waals surface area (Å²) in [4.78, 5) is 18.6. The maximum absolute atomic E-state index is 4.99. The molecule has 0 saturated heterocycles. The molecule has 0 saturated carbocycles. The van der Waals surface area contributed by atoms with E-state index < -0.39 is 0 Å². The van der Waals surface area contributed by atoms with E-state index in [2.05, 4.69) is 72.6 Å². The maximum atomic E-state index is 4.99. The zero-order valence-electron chi connectivity index (χ0n) is 17.3. The highest BCUT2D eigenvalue weighted by Crippen LogP contribution is 2.55. The molecule has 0 aliphatic carbocycles. The van der Waals surface area contributed by atoms with E-state index in [9.17, 15) is 0 Å². The van der Waals surface area contributed by atoms with Crippen LogP contribution in [0.2, 0.25) is 0 Å². The van der Waals surface area contributed by atoms with Crippen molar-refractivity contribution < 1.29 is 0 Å². The summed E-state index contributed by atoms with van der Waals surface area (Å²) in [7, 11) is 2.13. The van der Waals surface area contributed by atoms with Crippen LogP contribution in [-0.4, -0.2) is 28.2 Å². The average Bonchev–Trinajstić information content (AvgIpc) is 3.04. The van der Waals surface area contributed by atoms with Crippen molar-refractivity contribution >= 4 is 17.2 Å². The van der Waals surface area contributed by atoms with Crippen LogP contribution in [0, 0.1) is 12.8 Å². The minimum Gasteiger partial charge on any atom is -0.337 e. The van der Waals surface area contributed by atoms with Gasteiger partial charge in [-0.3, -0.25) is 4.98 Å². The average molecular weight is 383 g/mol. The molecule has 2 aliphatic heterocycles. The molecule has 0 N–H and O–H groups in total. The third-order valence-corrected chi connectivity index (χ3v) is 6.83. The molecule has 5 nitrogen and oxygen atoms in total. The first-order valence-corrected chi connectivity index (χ1v) is 10.0. The topological polar surface area (TPSA) is 45.2 Å². The number of hydrogen-bond donors (Lipinski definition) is 0. The molecule has 3 atom stereocenters. The smallest absolute Gasteiger partial charge is 0.162 e. The van der Waals surface area contributed by atoms with Crippen LogP contribution in [0.1, 0.15) is 25.0 Å². The molecule has 0 radical (unpaired) electrons. The molecule has 5 heteroatoms. The minimum absolute atomic E-state index is 0.119. The van der Waals surface area contributed by atoms with E-state index in [-0.39, 0.29) is 11.6 Å². The third-order valence-electron chi connectivity index (χ3n) is 6.83. The number of fused-ring (bicyclic) bond motifs is 5. The summed E-state index contributed by atoms with van der Waals surface area (Å²) in [5.41, 5.74) is 5.54. The van der Waals surface area contributed by atoms with E-state index in [1.807, 2.05) is 25.4 Å². The van der Waals surface area contributed by atoms with Gasteiger partial charge in [-0.05, 0) is 30.2 Å². The summed E-state index contributed by atoms with van der Waals surface area (Å²) in [5.74, 6) is 2.02. The molecule has 1 aromatic carbocycles. The van der Waals surface area contributed by atoms with Crippen molar-refractivity contribution in [2.75, 3.05) is 16.8 Å². The summed E-state index contributed by atoms with van der Waals surface area (Å²) in [5, 5.41) is 0. The van der Waals surface area contributed by atoms with Crippen molar-refractivity contribution in [2.24, 2.45) is 5.92 Å². The Morgan fingerprint density at radius 3 is 2.69 bits per heavy atom. The van der Waals surface area contributed by atoms with Gasteiger partial charge in [-0.1, -0.05) is 38.1 Å². The van der Waals surface area contributed by atoms with Crippen LogP contribution in [0.4, 0.5) is 17.2 Å². The predicted molar refractivity (Wildman–Crippen MR) is 117 cm³/mol. The van der Waals surface area contributed by atoms with Crippen LogP contribution >= 0.6 is 0 Å². The predicted octanol–water partition coefficient (Wildman–Crippen LogP) is 4.85. The highest BCUT2D eigenvalue weighted by Gasteiger charge is 2.51. The monoisotopic (exact) mass is 383 g/mol. The molecule has 29 heavy (non-hydrogen) atoms. The van der Waals surface area contributed by atoms with Crippen molar-refractivity contribution in [2.45, 2.75) is 32.4 Å². The number of allylic oxidation sites excluding steroid dienone is 1. The minimum atomic E-state index is -0.119. The first kappa shape index (κ1) is 17.9. The molecule has 3 unspecified atom stereocenters. The molecule has 2 aromatic heterocycles. The van der Waals surface area contributed by atoms with E-state index >= 15 is 0 Å². The summed E-state index contributed by atoms with van der Waals surface area (Å²) < 4.78 is 0. The number of benzene rings is 1. The van der Waals surface area contributed by atoms with Crippen molar-refractivity contribution in [3.05, 3.63) is 72.7 Å². The zero-order valence-corrected chi connectivity index (χ0v) is 17.3. The van der Waals surface area contributed by atoms with Crippen LogP contribution in [0.3, 0.4) is 0 Å². The Morgan fingerprint density at radius 2 is 1.93 bits per heavy atom. The van der Waals surface area contributed by atoms with Gasteiger partial charge in [0.1, 0.15) is 11.9 Å². The number of para-hydroxylation sites is 1. The van der Waals surface area contributed by atoms with E-state index in [0.717, 1.165) is 28.5 Å². The zero-order chi connectivity index (χ0) is 20.3. The van der Waals surface area contributed by atoms with Crippen LogP contribution in [0.15, 0.2) is 61.6 Å². The van der Waals surface area contributed by atoms with Crippen molar-refractivity contribution in [1.29, 1.82) is 0 Å². The second-order valence-corrected chi connectivity index (χ2v) is 8.28. The van der Waals surface area contributed by atoms with Gasteiger partial charge in [0.25, 0.3) is 0 Å². The lowest BCUT2D eigenvalue weighted by molar-refractivity contribution is 0.308. The molecule has 0 bridgehead atoms. The van der Waals surface area contributed by atoms with E-state index in [4.69, 9.17) is 9.97 Å². The highest BCUT2D eigenvalue weighted by atomic mass is 15.4. The number of aryl methyl sites for hydroxylation is 1. The standard InChI is InChI=1S/C24H25N5/c1-6-24(4)16(3)23-28(5)22-20(29(23)19-10-8-7-9-18(19)24)14-26-21(27-22)17-11-12-25-13-15(17)2/h6-14,16,23H,1H2,2-5H3. The molecular formula is C24H25N5. The summed E-state index contributed by atoms with van der Waals surface area (Å²) in [6, 6.07) is 10.6. The van der Waals surface area contributed by atoms with Gasteiger partial charge in [-0.25, -0.2) is 9.97 Å². The van der Waals surface area contributed by atoms with Gasteiger partial charge in [0.2, 0.25) is 0 Å². The molecule has 3 aromatic rings. The van der Waals surface area contributed by atoms with Gasteiger partial charge in [0, 0.05) is 42.0 Å². The SMILES string of the molecule is C=CC1(C)c2ccccc2N2c3cnc(-c4ccncc4C)nc3N(C)C2C1C. The number of pyridine rings is 1. The maximum Gasteiger partial charge on any atom is 0.162 e. The molecule has 0 amide bonds. The number of anilines is 3. The third kappa shape index (κ3) is 2.30. The van der Waals surface area contributed by atoms with E-state index in [1.54, 1.807) is 6.20 Å². The lowest BCUT2D eigenvalue weighted by Gasteiger charge is -2.49. The van der Waals surface area contributed by atoms with Gasteiger partial charge in [0.15, 0.2) is 11.6 Å². The fourth-order valence-electron chi connectivity index (χ4n) is 4.91. The quantitative estimate of drug-likeness (QED) is 0.592. The summed E-state index contributed by atoms with van der Waals surface area (Å²) >= 11 is 0. The van der Waals surface area contributed by atoms with Gasteiger partial charge in [-0.2, -0.15) is 0 Å². The van der Waals surface area contributed by atoms with Gasteiger partial charge >= 0.3 is 0 Å². The first-order valence-electron chi connectivity index (χ1n) is 10.0. The lowest BCUT2D eigenvalue weighted by atomic mass is 9.68. The Kier molecular flexibility index (Phi) is 3.78. The Morgan fingerprint density at radius 1 is 1.14 bits per heavy atom. The van der Waals surface area contributed by atoms with E-state index in [0.29, 0.717) is 5.92 Å². The number of nitrogens with zero attached hydrogens (tertiary/aromatic N) is 5. The second-order valence-electron chi connectivity index (χ2n) is 8.28. The van der Waals surface area contributed by atoms with Crippen LogP contribution in [0.25, 0.3) is 11.4 Å². The molecule has 146 valence electrons. The summed E-state index contributed by atoms with van der Waals surface area (Å²) in [6.07, 6.45) is 7.87. The van der Waals surface area contributed by atoms with Gasteiger partial charge < -0.3 is 9.80 Å². The van der Waals surface area contributed by atoms with Crippen LogP contribution < -0.4 is 9.80 Å². The second kappa shape index (κ2) is 6.14. The molecule has 5 rings (SSSR count). The Labute approximate surface area is 171 Å². The summed E-state index contributed by atoms with van der Waals surface area (Å²) in [6.45, 7) is 10.8. The molecule has 4 heterocycles. The fraction of sp³-hybridized carbons (Fsp3) is 0.292. The van der Waals surface area contributed by atoms with Gasteiger partial charge in [0.05, 0.1) is 6.20 Å².